The molecule has 8 heteroatoms. The zero-order valence-corrected chi connectivity index (χ0v) is 38.0. The smallest absolute Gasteiger partial charge is 0.0603 e. The number of fused-ring (bicyclic) bond motifs is 17. The normalized spacial score (nSPS) is 46.4. The van der Waals surface area contributed by atoms with Crippen LogP contribution in [0.4, 0.5) is 0 Å². The summed E-state index contributed by atoms with van der Waals surface area (Å²) in [6, 6.07) is 0. The van der Waals surface area contributed by atoms with Crippen LogP contribution in [0.25, 0.3) is 0 Å². The molecule has 6 aliphatic carbocycles. The molecule has 60 heavy (non-hydrogen) atoms. The van der Waals surface area contributed by atoms with Crippen LogP contribution < -0.4 is 0 Å². The van der Waals surface area contributed by atoms with Crippen molar-refractivity contribution in [3.8, 4) is 0 Å². The molecule has 344 valence electrons. The van der Waals surface area contributed by atoms with E-state index in [0.717, 1.165) is 62.6 Å². The highest BCUT2D eigenvalue weighted by atomic mass is 16.5. The molecule has 0 N–H and O–H groups in total. The summed E-state index contributed by atoms with van der Waals surface area (Å²) in [6.07, 6.45) is 49.6. The molecule has 10 unspecified atom stereocenters. The highest BCUT2D eigenvalue weighted by Gasteiger charge is 2.36. The van der Waals surface area contributed by atoms with Gasteiger partial charge in [0, 0.05) is 33.0 Å². The van der Waals surface area contributed by atoms with Crippen molar-refractivity contribution in [3.63, 3.8) is 0 Å². The summed E-state index contributed by atoms with van der Waals surface area (Å²) in [5.74, 6) is 4.91. The summed E-state index contributed by atoms with van der Waals surface area (Å²) in [6.45, 7) is 5.25. The van der Waals surface area contributed by atoms with Gasteiger partial charge in [-0.2, -0.15) is 0 Å². The second kappa shape index (κ2) is 23.2. The molecule has 0 aromatic rings. The Labute approximate surface area is 365 Å². The van der Waals surface area contributed by atoms with E-state index in [1.165, 1.54) is 199 Å². The summed E-state index contributed by atoms with van der Waals surface area (Å²) in [5, 5.41) is 0. The molecule has 13 aliphatic heterocycles. The maximum atomic E-state index is 5.60. The summed E-state index contributed by atoms with van der Waals surface area (Å²) in [4.78, 5) is 0. The second-order valence-electron chi connectivity index (χ2n) is 22.1. The molecule has 19 rings (SSSR count). The van der Waals surface area contributed by atoms with Crippen molar-refractivity contribution >= 4 is 0 Å². The van der Waals surface area contributed by atoms with Gasteiger partial charge >= 0.3 is 0 Å². The third-order valence-corrected chi connectivity index (χ3v) is 17.4. The molecule has 19 aliphatic rings. The molecule has 0 aromatic heterocycles. The molecule has 0 aromatic carbocycles. The summed E-state index contributed by atoms with van der Waals surface area (Å²) >= 11 is 0. The minimum atomic E-state index is 0.653. The molecular formula is C52H88O8. The topological polar surface area (TPSA) is 73.8 Å². The first-order chi connectivity index (χ1) is 29.6. The van der Waals surface area contributed by atoms with Gasteiger partial charge in [-0.1, -0.05) is 6.42 Å². The van der Waals surface area contributed by atoms with Crippen LogP contribution in [0, 0.1) is 29.6 Å². The van der Waals surface area contributed by atoms with Crippen molar-refractivity contribution < 1.29 is 37.9 Å². The third kappa shape index (κ3) is 13.8. The van der Waals surface area contributed by atoms with Crippen LogP contribution in [-0.4, -0.2) is 100 Å². The van der Waals surface area contributed by atoms with E-state index in [1.807, 2.05) is 0 Å². The predicted molar refractivity (Wildman–Crippen MR) is 235 cm³/mol. The lowest BCUT2D eigenvalue weighted by Gasteiger charge is -2.41. The van der Waals surface area contributed by atoms with Crippen LogP contribution >= 0.6 is 0 Å². The largest absolute Gasteiger partial charge is 0.378 e. The lowest BCUT2D eigenvalue weighted by Crippen LogP contribution is -2.41. The standard InChI is InChI=1S/4C7H12O.4C6H10O/c1-3-7-4-2-6(1)5-8-7;1-2-7-5-6(1)3-4-8-7;1-2-6-4-7(3-1)8-5-6;1-2-6-4-5-7(3-1)8-6;1-2-7-6-3-5(1)4-6;1-2-6-3-5(1)4-7-6;1-2-6-4-3-5(1)7-6;1-2-5-4-6(3-1)7-5/h4*6-7H,1-5H2;4*5-6H,1-4H2. The first-order valence-electron chi connectivity index (χ1n) is 26.6. The van der Waals surface area contributed by atoms with Gasteiger partial charge in [0.25, 0.3) is 0 Å². The maximum absolute atomic E-state index is 5.60. The maximum Gasteiger partial charge on any atom is 0.0603 e. The Balaban J connectivity index is 0.0000000881. The molecule has 13 heterocycles. The van der Waals surface area contributed by atoms with Gasteiger partial charge in [-0.3, -0.25) is 0 Å². The van der Waals surface area contributed by atoms with Gasteiger partial charge in [-0.05, 0) is 222 Å². The van der Waals surface area contributed by atoms with Crippen LogP contribution in [-0.2, 0) is 37.9 Å². The first kappa shape index (κ1) is 44.9. The van der Waals surface area contributed by atoms with E-state index in [4.69, 9.17) is 37.9 Å². The quantitative estimate of drug-likeness (QED) is 0.239. The third-order valence-electron chi connectivity index (χ3n) is 17.4. The van der Waals surface area contributed by atoms with Crippen molar-refractivity contribution in [1.82, 2.24) is 0 Å². The second-order valence-corrected chi connectivity index (χ2v) is 22.1. The molecule has 19 fully saturated rings. The van der Waals surface area contributed by atoms with Crippen molar-refractivity contribution in [1.29, 1.82) is 0 Å². The van der Waals surface area contributed by atoms with Crippen LogP contribution in [0.3, 0.4) is 0 Å². The van der Waals surface area contributed by atoms with Gasteiger partial charge in [-0.15, -0.1) is 0 Å². The number of rotatable bonds is 0. The van der Waals surface area contributed by atoms with Crippen LogP contribution in [0.15, 0.2) is 0 Å². The van der Waals surface area contributed by atoms with Gasteiger partial charge in [-0.25, -0.2) is 0 Å². The summed E-state index contributed by atoms with van der Waals surface area (Å²) in [5.41, 5.74) is 0. The lowest BCUT2D eigenvalue weighted by atomic mass is 9.78. The molecule has 6 saturated carbocycles. The van der Waals surface area contributed by atoms with Gasteiger partial charge in [0.1, 0.15) is 0 Å². The van der Waals surface area contributed by atoms with E-state index >= 15 is 0 Å². The van der Waals surface area contributed by atoms with Crippen molar-refractivity contribution in [2.45, 2.75) is 266 Å². The van der Waals surface area contributed by atoms with Crippen LogP contribution in [0.2, 0.25) is 0 Å². The van der Waals surface area contributed by atoms with E-state index in [-0.39, 0.29) is 0 Å². The zero-order valence-electron chi connectivity index (χ0n) is 38.0. The number of ether oxygens (including phenoxy) is 8. The molecule has 0 amide bonds. The van der Waals surface area contributed by atoms with E-state index in [2.05, 4.69) is 0 Å². The highest BCUT2D eigenvalue weighted by molar-refractivity contribution is 4.86. The van der Waals surface area contributed by atoms with Gasteiger partial charge in [0.15, 0.2) is 0 Å². The molecule has 16 bridgehead atoms. The Hall–Kier alpha value is -0.320. The fraction of sp³-hybridized carbons (Fsp3) is 1.00. The van der Waals surface area contributed by atoms with E-state index in [0.29, 0.717) is 67.1 Å². The highest BCUT2D eigenvalue weighted by Crippen LogP contribution is 2.39. The van der Waals surface area contributed by atoms with Crippen molar-refractivity contribution in [2.24, 2.45) is 29.6 Å². The summed E-state index contributed by atoms with van der Waals surface area (Å²) in [7, 11) is 0. The van der Waals surface area contributed by atoms with Crippen molar-refractivity contribution in [3.05, 3.63) is 0 Å². The number of hydrogen-bond donors (Lipinski definition) is 0. The first-order valence-corrected chi connectivity index (χ1v) is 26.6. The van der Waals surface area contributed by atoms with Crippen molar-refractivity contribution in [2.75, 3.05) is 33.0 Å². The Morgan fingerprint density at radius 1 is 0.200 bits per heavy atom. The predicted octanol–water partition coefficient (Wildman–Crippen LogP) is 11.5. The zero-order chi connectivity index (χ0) is 40.4. The minimum Gasteiger partial charge on any atom is -0.378 e. The molecule has 0 radical (unpaired) electrons. The Bertz CT molecular complexity index is 961. The van der Waals surface area contributed by atoms with Crippen LogP contribution in [0.5, 0.6) is 0 Å². The summed E-state index contributed by atoms with van der Waals surface area (Å²) < 4.78 is 43.6. The molecule has 8 nitrogen and oxygen atoms in total. The van der Waals surface area contributed by atoms with E-state index in [9.17, 15) is 0 Å². The Morgan fingerprint density at radius 2 is 0.550 bits per heavy atom. The minimum absolute atomic E-state index is 0.653. The van der Waals surface area contributed by atoms with E-state index < -0.39 is 0 Å². The van der Waals surface area contributed by atoms with Gasteiger partial charge in [0.05, 0.1) is 67.1 Å². The monoisotopic (exact) mass is 841 g/mol. The molecule has 10 atom stereocenters. The average Bonchev–Trinajstić information content (AvgIpc) is 4.21. The molecular weight excluding hydrogens is 753 g/mol. The van der Waals surface area contributed by atoms with Gasteiger partial charge in [0.2, 0.25) is 0 Å². The number of hydrogen-bond acceptors (Lipinski definition) is 8. The fourth-order valence-corrected chi connectivity index (χ4v) is 13.3. The fourth-order valence-electron chi connectivity index (χ4n) is 13.3. The van der Waals surface area contributed by atoms with Crippen LogP contribution in [0.1, 0.15) is 199 Å². The Kier molecular flexibility index (Phi) is 17.4. The lowest BCUT2D eigenvalue weighted by molar-refractivity contribution is -0.155. The Morgan fingerprint density at radius 3 is 0.850 bits per heavy atom. The van der Waals surface area contributed by atoms with E-state index in [1.54, 1.807) is 0 Å². The molecule has 13 saturated heterocycles. The molecule has 0 spiro atoms. The average molecular weight is 841 g/mol. The SMILES string of the molecule is C1CC2CC(C1)O2.C1CC2CC(C2)O1.C1CC2CC1CO2.C1CC2CCC(C1)O2.C1CC2CCC(C2)O1.C1CC2CCC1CO2.C1CC2CCC1O2.C1CC2COC(C1)C2. The van der Waals surface area contributed by atoms with Gasteiger partial charge < -0.3 is 37.9 Å².